The number of benzene rings is 2. The second kappa shape index (κ2) is 16.4. The number of nitrogens with one attached hydrogen (secondary N) is 1. The van der Waals surface area contributed by atoms with Crippen LogP contribution in [0.3, 0.4) is 0 Å². The highest BCUT2D eigenvalue weighted by Gasteiger charge is 2.31. The van der Waals surface area contributed by atoms with E-state index >= 15 is 0 Å². The zero-order valence-corrected chi connectivity index (χ0v) is 26.9. The van der Waals surface area contributed by atoms with Crippen LogP contribution in [-0.4, -0.2) is 80.7 Å². The van der Waals surface area contributed by atoms with Crippen LogP contribution < -0.4 is 5.32 Å². The van der Waals surface area contributed by atoms with Gasteiger partial charge in [0.15, 0.2) is 0 Å². The number of hydrogen-bond donors (Lipinski definition) is 2. The minimum Gasteiger partial charge on any atom is -0.480 e. The summed E-state index contributed by atoms with van der Waals surface area (Å²) in [5.74, 6) is 0.557. The molecule has 0 bridgehead atoms. The molecule has 2 amide bonds. The molecule has 1 saturated heterocycles. The van der Waals surface area contributed by atoms with Crippen LogP contribution in [0.2, 0.25) is 0 Å². The number of thioether (sulfide) groups is 1. The lowest BCUT2D eigenvalue weighted by atomic mass is 9.85. The Morgan fingerprint density at radius 1 is 1.07 bits per heavy atom. The predicted molar refractivity (Wildman–Crippen MR) is 173 cm³/mol. The number of hydrogen-bond acceptors (Lipinski definition) is 6. The molecule has 2 fully saturated rings. The second-order valence-corrected chi connectivity index (χ2v) is 14.2. The highest BCUT2D eigenvalue weighted by Crippen LogP contribution is 2.31. The highest BCUT2D eigenvalue weighted by molar-refractivity contribution is 7.98. The Bertz CT molecular complexity index is 1290. The molecule has 8 nitrogen and oxygen atoms in total. The van der Waals surface area contributed by atoms with Crippen molar-refractivity contribution >= 4 is 40.3 Å². The summed E-state index contributed by atoms with van der Waals surface area (Å²) in [7, 11) is -0.869. The first-order chi connectivity index (χ1) is 20.8. The van der Waals surface area contributed by atoms with Crippen LogP contribution >= 0.6 is 11.8 Å². The second-order valence-electron chi connectivity index (χ2n) is 11.6. The van der Waals surface area contributed by atoms with Crippen LogP contribution in [0.15, 0.2) is 42.5 Å². The quantitative estimate of drug-likeness (QED) is 0.320. The van der Waals surface area contributed by atoms with Crippen molar-refractivity contribution in [3.05, 3.63) is 59.2 Å². The molecular weight excluding hydrogens is 585 g/mol. The van der Waals surface area contributed by atoms with Crippen LogP contribution in [0, 0.1) is 12.8 Å². The Labute approximate surface area is 261 Å². The number of amides is 2. The molecule has 0 radical (unpaired) electrons. The molecule has 10 heteroatoms. The monoisotopic (exact) mass is 628 g/mol. The molecule has 2 N–H and O–H groups in total. The van der Waals surface area contributed by atoms with E-state index in [0.717, 1.165) is 29.5 Å². The van der Waals surface area contributed by atoms with Gasteiger partial charge in [-0.3, -0.25) is 13.8 Å². The van der Waals surface area contributed by atoms with Gasteiger partial charge >= 0.3 is 5.97 Å². The third kappa shape index (κ3) is 9.40. The van der Waals surface area contributed by atoms with Gasteiger partial charge in [0.05, 0.1) is 6.61 Å². The summed E-state index contributed by atoms with van der Waals surface area (Å²) >= 11 is 1.53. The summed E-state index contributed by atoms with van der Waals surface area (Å²) < 4.78 is 18.3. The van der Waals surface area contributed by atoms with E-state index in [1.165, 1.54) is 31.0 Å². The maximum absolute atomic E-state index is 13.6. The molecule has 0 unspecified atom stereocenters. The van der Waals surface area contributed by atoms with Gasteiger partial charge in [-0.2, -0.15) is 11.8 Å². The van der Waals surface area contributed by atoms with E-state index in [2.05, 4.69) is 5.32 Å². The van der Waals surface area contributed by atoms with Crippen molar-refractivity contribution in [1.82, 2.24) is 10.2 Å². The van der Waals surface area contributed by atoms with Crippen molar-refractivity contribution in [2.75, 3.05) is 36.6 Å². The lowest BCUT2D eigenvalue weighted by molar-refractivity contribution is -0.145. The molecule has 0 aromatic heterocycles. The van der Waals surface area contributed by atoms with Crippen molar-refractivity contribution in [3.63, 3.8) is 0 Å². The van der Waals surface area contributed by atoms with Crippen molar-refractivity contribution in [2.45, 2.75) is 70.6 Å². The summed E-state index contributed by atoms with van der Waals surface area (Å²) in [4.78, 5) is 40.7. The molecule has 1 saturated carbocycles. The number of carbonyl (C=O) groups excluding carboxylic acids is 2. The van der Waals surface area contributed by atoms with Crippen LogP contribution in [0.5, 0.6) is 0 Å². The Morgan fingerprint density at radius 3 is 2.47 bits per heavy atom. The van der Waals surface area contributed by atoms with Gasteiger partial charge in [-0.15, -0.1) is 0 Å². The summed E-state index contributed by atoms with van der Waals surface area (Å²) in [5, 5.41) is 12.4. The van der Waals surface area contributed by atoms with Gasteiger partial charge in [-0.05, 0) is 72.1 Å². The Morgan fingerprint density at radius 2 is 1.79 bits per heavy atom. The Kier molecular flexibility index (Phi) is 12.7. The molecule has 2 aliphatic rings. The number of carboxylic acid groups (broad SMARTS) is 1. The fourth-order valence-electron chi connectivity index (χ4n) is 5.93. The lowest BCUT2D eigenvalue weighted by Crippen LogP contribution is -2.47. The first kappa shape index (κ1) is 33.2. The van der Waals surface area contributed by atoms with E-state index in [9.17, 15) is 23.7 Å². The molecule has 1 aliphatic carbocycles. The summed E-state index contributed by atoms with van der Waals surface area (Å²) in [5.41, 5.74) is 3.78. The SMILES string of the molecule is CSCC[C@H](NC(=O)c1ccc(CO[C@@H](CC2CCCCC2)C(=O)N2CCS(=O)CC2)cc1-c1ccccc1C)C(=O)O. The van der Waals surface area contributed by atoms with Gasteiger partial charge in [-0.1, -0.05) is 62.4 Å². The van der Waals surface area contributed by atoms with Crippen molar-refractivity contribution < 1.29 is 28.4 Å². The fourth-order valence-corrected chi connectivity index (χ4v) is 7.45. The number of aliphatic carboxylic acids is 1. The topological polar surface area (TPSA) is 113 Å². The molecule has 1 aliphatic heterocycles. The molecule has 0 spiro atoms. The lowest BCUT2D eigenvalue weighted by Gasteiger charge is -2.32. The normalized spacial score (nSPS) is 17.8. The molecular formula is C33H44N2O6S2. The van der Waals surface area contributed by atoms with E-state index in [1.807, 2.05) is 49.6 Å². The number of aryl methyl sites for hydroxylation is 1. The van der Waals surface area contributed by atoms with Crippen LogP contribution in [0.4, 0.5) is 0 Å². The van der Waals surface area contributed by atoms with Gasteiger partial charge in [0.1, 0.15) is 12.1 Å². The van der Waals surface area contributed by atoms with Crippen molar-refractivity contribution in [3.8, 4) is 11.1 Å². The highest BCUT2D eigenvalue weighted by atomic mass is 32.2. The number of nitrogens with zero attached hydrogens (tertiary/aromatic N) is 1. The number of ether oxygens (including phenoxy) is 1. The van der Waals surface area contributed by atoms with Crippen molar-refractivity contribution in [2.24, 2.45) is 5.92 Å². The Hall–Kier alpha value is -2.69. The maximum atomic E-state index is 13.6. The summed E-state index contributed by atoms with van der Waals surface area (Å²) in [6.07, 6.45) is 8.13. The van der Waals surface area contributed by atoms with Gasteiger partial charge in [0, 0.05) is 41.0 Å². The smallest absolute Gasteiger partial charge is 0.326 e. The first-order valence-electron chi connectivity index (χ1n) is 15.2. The molecule has 2 aromatic rings. The molecule has 1 heterocycles. The van der Waals surface area contributed by atoms with Gasteiger partial charge < -0.3 is 20.1 Å². The minimum atomic E-state index is -1.06. The zero-order chi connectivity index (χ0) is 30.8. The van der Waals surface area contributed by atoms with Crippen molar-refractivity contribution in [1.29, 1.82) is 0 Å². The summed E-state index contributed by atoms with van der Waals surface area (Å²) in [6, 6.07) is 12.3. The minimum absolute atomic E-state index is 0.0256. The molecule has 4 rings (SSSR count). The standard InChI is InChI=1S/C33H44N2O6S2/c1-23-8-6-7-11-26(23)28-20-25(12-13-27(28)31(36)34-29(33(38)39)14-17-42-2)22-41-30(21-24-9-4-3-5-10-24)32(37)35-15-18-43(40)19-16-35/h6-8,11-13,20,24,29-30H,3-5,9-10,14-19,21-22H2,1-2H3,(H,34,36)(H,38,39)/t29-,30-/m0/s1. The van der Waals surface area contributed by atoms with Gasteiger partial charge in [0.2, 0.25) is 0 Å². The molecule has 2 aromatic carbocycles. The van der Waals surface area contributed by atoms with Gasteiger partial charge in [-0.25, -0.2) is 4.79 Å². The third-order valence-corrected chi connectivity index (χ3v) is 10.4. The molecule has 2 atom stereocenters. The number of carbonyl (C=O) groups is 3. The van der Waals surface area contributed by atoms with E-state index in [4.69, 9.17) is 4.74 Å². The van der Waals surface area contributed by atoms with E-state index < -0.39 is 34.8 Å². The van der Waals surface area contributed by atoms with Crippen LogP contribution in [0.25, 0.3) is 11.1 Å². The average molecular weight is 629 g/mol. The fraction of sp³-hybridized carbons (Fsp3) is 0.545. The maximum Gasteiger partial charge on any atom is 0.326 e. The molecule has 234 valence electrons. The third-order valence-electron chi connectivity index (χ3n) is 8.47. The zero-order valence-electron chi connectivity index (χ0n) is 25.2. The van der Waals surface area contributed by atoms with Gasteiger partial charge in [0.25, 0.3) is 11.8 Å². The first-order valence-corrected chi connectivity index (χ1v) is 18.1. The van der Waals surface area contributed by atoms with Crippen LogP contribution in [0.1, 0.15) is 66.4 Å². The van der Waals surface area contributed by atoms with E-state index in [-0.39, 0.29) is 12.5 Å². The number of rotatable bonds is 13. The van der Waals surface area contributed by atoms with Crippen LogP contribution in [-0.2, 0) is 31.7 Å². The average Bonchev–Trinajstić information content (AvgIpc) is 3.01. The van der Waals surface area contributed by atoms with E-state index in [0.29, 0.717) is 60.2 Å². The number of carboxylic acids is 1. The summed E-state index contributed by atoms with van der Waals surface area (Å²) in [6.45, 7) is 3.16. The van der Waals surface area contributed by atoms with E-state index in [1.54, 1.807) is 11.0 Å². The Balaban J connectivity index is 1.57. The largest absolute Gasteiger partial charge is 0.480 e. The molecule has 43 heavy (non-hydrogen) atoms. The predicted octanol–water partition coefficient (Wildman–Crippen LogP) is 5.04.